The van der Waals surface area contributed by atoms with Gasteiger partial charge in [0.1, 0.15) is 11.5 Å². The molecule has 0 spiro atoms. The number of carbonyl (C=O) groups is 1. The van der Waals surface area contributed by atoms with Crippen LogP contribution in [0.4, 0.5) is 10.1 Å². The molecule has 0 unspecified atom stereocenters. The Bertz CT molecular complexity index is 451. The first-order valence-corrected chi connectivity index (χ1v) is 4.17. The van der Waals surface area contributed by atoms with Gasteiger partial charge in [0.25, 0.3) is 5.91 Å². The highest BCUT2D eigenvalue weighted by molar-refractivity contribution is 6.02. The van der Waals surface area contributed by atoms with Crippen molar-refractivity contribution in [2.45, 2.75) is 0 Å². The molecule has 0 aliphatic rings. The van der Waals surface area contributed by atoms with Gasteiger partial charge >= 0.3 is 0 Å². The number of anilines is 1. The van der Waals surface area contributed by atoms with Gasteiger partial charge in [0.15, 0.2) is 0 Å². The van der Waals surface area contributed by atoms with Crippen LogP contribution in [-0.2, 0) is 0 Å². The normalized spacial score (nSPS) is 9.93. The molecule has 15 heavy (non-hydrogen) atoms. The van der Waals surface area contributed by atoms with E-state index < -0.39 is 11.7 Å². The van der Waals surface area contributed by atoms with Crippen LogP contribution < -0.4 is 5.32 Å². The molecule has 0 bridgehead atoms. The fourth-order valence-electron chi connectivity index (χ4n) is 1.02. The molecule has 2 heterocycles. The van der Waals surface area contributed by atoms with E-state index in [2.05, 4.69) is 20.5 Å². The molecule has 0 aliphatic carbocycles. The largest absolute Gasteiger partial charge is 0.318 e. The average Bonchev–Trinajstić information content (AvgIpc) is 2.71. The van der Waals surface area contributed by atoms with E-state index >= 15 is 0 Å². The van der Waals surface area contributed by atoms with Crippen molar-refractivity contribution in [1.29, 1.82) is 0 Å². The predicted octanol–water partition coefficient (Wildman–Crippen LogP) is 1.20. The number of aromatic amines is 1. The zero-order chi connectivity index (χ0) is 10.7. The lowest BCUT2D eigenvalue weighted by molar-refractivity contribution is 0.102. The summed E-state index contributed by atoms with van der Waals surface area (Å²) in [6.45, 7) is 0. The van der Waals surface area contributed by atoms with Gasteiger partial charge in [-0.05, 0) is 12.1 Å². The van der Waals surface area contributed by atoms with Crippen LogP contribution in [-0.4, -0.2) is 21.1 Å². The van der Waals surface area contributed by atoms with E-state index in [1.807, 2.05) is 0 Å². The Morgan fingerprint density at radius 3 is 2.87 bits per heavy atom. The fraction of sp³-hybridized carbons (Fsp3) is 0. The van der Waals surface area contributed by atoms with Gasteiger partial charge in [-0.25, -0.2) is 9.37 Å². The molecule has 0 aromatic carbocycles. The molecule has 0 fully saturated rings. The number of aromatic nitrogens is 3. The number of H-pyrrole nitrogens is 1. The van der Waals surface area contributed by atoms with E-state index in [1.54, 1.807) is 0 Å². The second kappa shape index (κ2) is 3.87. The minimum Gasteiger partial charge on any atom is -0.318 e. The van der Waals surface area contributed by atoms with Gasteiger partial charge in [-0.2, -0.15) is 5.10 Å². The van der Waals surface area contributed by atoms with Gasteiger partial charge in [0, 0.05) is 6.20 Å². The van der Waals surface area contributed by atoms with Crippen molar-refractivity contribution >= 4 is 11.6 Å². The van der Waals surface area contributed by atoms with Crippen molar-refractivity contribution in [3.63, 3.8) is 0 Å². The van der Waals surface area contributed by atoms with Crippen LogP contribution >= 0.6 is 0 Å². The van der Waals surface area contributed by atoms with Gasteiger partial charge in [0.2, 0.25) is 0 Å². The average molecular weight is 206 g/mol. The molecule has 2 aromatic heterocycles. The van der Waals surface area contributed by atoms with E-state index in [1.165, 1.54) is 24.5 Å². The third-order valence-electron chi connectivity index (χ3n) is 1.72. The summed E-state index contributed by atoms with van der Waals surface area (Å²) in [5.74, 6) is -0.883. The van der Waals surface area contributed by atoms with E-state index in [-0.39, 0.29) is 5.69 Å². The highest BCUT2D eigenvalue weighted by Crippen LogP contribution is 2.05. The molecule has 0 saturated carbocycles. The third kappa shape index (κ3) is 2.16. The molecule has 2 aromatic rings. The summed E-state index contributed by atoms with van der Waals surface area (Å²) in [6, 6.07) is 2.49. The second-order valence-corrected chi connectivity index (χ2v) is 2.80. The summed E-state index contributed by atoms with van der Waals surface area (Å²) in [5.41, 5.74) is 0.684. The van der Waals surface area contributed by atoms with E-state index in [0.717, 1.165) is 6.20 Å². The van der Waals surface area contributed by atoms with Gasteiger partial charge in [0.05, 0.1) is 18.1 Å². The zero-order valence-electron chi connectivity index (χ0n) is 7.57. The molecule has 0 aliphatic heterocycles. The number of rotatable bonds is 2. The predicted molar refractivity (Wildman–Crippen MR) is 50.7 cm³/mol. The minimum atomic E-state index is -0.477. The number of hydrogen-bond donors (Lipinski definition) is 2. The van der Waals surface area contributed by atoms with Crippen LogP contribution in [0.3, 0.4) is 0 Å². The molecule has 1 amide bonds. The quantitative estimate of drug-likeness (QED) is 0.775. The van der Waals surface area contributed by atoms with Crippen LogP contribution in [0.1, 0.15) is 10.5 Å². The SMILES string of the molecule is O=C(Nc1cn[nH]c1)c1ccc(F)cn1. The molecule has 0 radical (unpaired) electrons. The second-order valence-electron chi connectivity index (χ2n) is 2.80. The maximum atomic E-state index is 12.5. The van der Waals surface area contributed by atoms with Crippen LogP contribution in [0.5, 0.6) is 0 Å². The van der Waals surface area contributed by atoms with Gasteiger partial charge in [-0.3, -0.25) is 9.89 Å². The lowest BCUT2D eigenvalue weighted by Crippen LogP contribution is -2.13. The first kappa shape index (κ1) is 9.32. The Balaban J connectivity index is 2.11. The summed E-state index contributed by atoms with van der Waals surface area (Å²) in [4.78, 5) is 15.1. The van der Waals surface area contributed by atoms with Crippen molar-refractivity contribution in [2.75, 3.05) is 5.32 Å². The summed E-state index contributed by atoms with van der Waals surface area (Å²) >= 11 is 0. The van der Waals surface area contributed by atoms with Gasteiger partial charge in [-0.1, -0.05) is 0 Å². The molecule has 0 atom stereocenters. The number of halogens is 1. The summed E-state index contributed by atoms with van der Waals surface area (Å²) in [5, 5.41) is 8.75. The highest BCUT2D eigenvalue weighted by Gasteiger charge is 2.07. The molecule has 5 nitrogen and oxygen atoms in total. The van der Waals surface area contributed by atoms with Crippen LogP contribution in [0, 0.1) is 5.82 Å². The Labute approximate surface area is 84.3 Å². The Hall–Kier alpha value is -2.24. The maximum Gasteiger partial charge on any atom is 0.274 e. The molecular formula is C9H7FN4O. The summed E-state index contributed by atoms with van der Waals surface area (Å²) < 4.78 is 12.5. The highest BCUT2D eigenvalue weighted by atomic mass is 19.1. The standard InChI is InChI=1S/C9H7FN4O/c10-6-1-2-8(11-3-6)9(15)14-7-4-12-13-5-7/h1-5H,(H,12,13)(H,14,15). The fourth-order valence-corrected chi connectivity index (χ4v) is 1.02. The van der Waals surface area contributed by atoms with E-state index in [9.17, 15) is 9.18 Å². The van der Waals surface area contributed by atoms with Crippen molar-refractivity contribution in [1.82, 2.24) is 15.2 Å². The van der Waals surface area contributed by atoms with Crippen LogP contribution in [0.15, 0.2) is 30.7 Å². The van der Waals surface area contributed by atoms with Crippen molar-refractivity contribution in [3.8, 4) is 0 Å². The summed E-state index contributed by atoms with van der Waals surface area (Å²) in [6.07, 6.45) is 3.98. The van der Waals surface area contributed by atoms with Crippen molar-refractivity contribution in [2.24, 2.45) is 0 Å². The molecule has 76 valence electrons. The Morgan fingerprint density at radius 2 is 2.27 bits per heavy atom. The van der Waals surface area contributed by atoms with Gasteiger partial charge < -0.3 is 5.32 Å². The zero-order valence-corrected chi connectivity index (χ0v) is 7.57. The molecular weight excluding hydrogens is 199 g/mol. The van der Waals surface area contributed by atoms with Crippen LogP contribution in [0.2, 0.25) is 0 Å². The topological polar surface area (TPSA) is 70.7 Å². The lowest BCUT2D eigenvalue weighted by Gasteiger charge is -2.00. The number of amides is 1. The number of nitrogens with one attached hydrogen (secondary N) is 2. The van der Waals surface area contributed by atoms with E-state index in [0.29, 0.717) is 5.69 Å². The molecule has 6 heteroatoms. The number of hydrogen-bond acceptors (Lipinski definition) is 3. The lowest BCUT2D eigenvalue weighted by atomic mass is 10.3. The first-order chi connectivity index (χ1) is 7.25. The van der Waals surface area contributed by atoms with Crippen LogP contribution in [0.25, 0.3) is 0 Å². The monoisotopic (exact) mass is 206 g/mol. The smallest absolute Gasteiger partial charge is 0.274 e. The Morgan fingerprint density at radius 1 is 1.40 bits per heavy atom. The van der Waals surface area contributed by atoms with Gasteiger partial charge in [-0.15, -0.1) is 0 Å². The maximum absolute atomic E-state index is 12.5. The number of nitrogens with zero attached hydrogens (tertiary/aromatic N) is 2. The molecule has 2 rings (SSSR count). The minimum absolute atomic E-state index is 0.151. The first-order valence-electron chi connectivity index (χ1n) is 4.17. The molecule has 2 N–H and O–H groups in total. The molecule has 0 saturated heterocycles. The van der Waals surface area contributed by atoms with Crippen molar-refractivity contribution < 1.29 is 9.18 Å². The Kier molecular flexibility index (Phi) is 2.40. The summed E-state index contributed by atoms with van der Waals surface area (Å²) in [7, 11) is 0. The third-order valence-corrected chi connectivity index (χ3v) is 1.72. The number of pyridine rings is 1. The number of carbonyl (C=O) groups excluding carboxylic acids is 1. The van der Waals surface area contributed by atoms with Crippen molar-refractivity contribution in [3.05, 3.63) is 42.2 Å². The van der Waals surface area contributed by atoms with E-state index in [4.69, 9.17) is 0 Å².